The van der Waals surface area contributed by atoms with Crippen LogP contribution in [0.15, 0.2) is 84.2 Å². The molecule has 39 heavy (non-hydrogen) atoms. The summed E-state index contributed by atoms with van der Waals surface area (Å²) in [5.74, 6) is 1.20. The van der Waals surface area contributed by atoms with Gasteiger partial charge in [0.05, 0.1) is 12.8 Å². The molecule has 0 aliphatic heterocycles. The van der Waals surface area contributed by atoms with E-state index in [4.69, 9.17) is 4.74 Å². The number of rotatable bonds is 8. The lowest BCUT2D eigenvalue weighted by Gasteiger charge is -2.09. The van der Waals surface area contributed by atoms with Gasteiger partial charge in [0, 0.05) is 72.0 Å². The standard InChI is InChI=1S/C28H24N8O3/c1-17-11-24(35-21-9-10-29-25(37)12-21)36-27(34-17)20-4-7-23(31-16-20)28(38)33-14-18-3-6-22(30-13-18)19-5-8-26(39-2)32-15-19/h3-13,15-16H,14H2,1-2H3,(H,33,38)(H2,29,34,35,36,37). The SMILES string of the molecule is COc1ccc(-c2ccc(CNC(=O)c3ccc(-c4nc(C)cc(Nc5cc[nH]c(=O)c5)n4)cn3)cn2)cn1. The first kappa shape index (κ1) is 25.2. The molecule has 3 N–H and O–H groups in total. The van der Waals surface area contributed by atoms with Gasteiger partial charge in [-0.05, 0) is 42.8 Å². The molecule has 5 rings (SSSR count). The van der Waals surface area contributed by atoms with Crippen LogP contribution in [0.2, 0.25) is 0 Å². The molecule has 0 atom stereocenters. The van der Waals surface area contributed by atoms with Crippen molar-refractivity contribution >= 4 is 17.4 Å². The van der Waals surface area contributed by atoms with Crippen molar-refractivity contribution in [2.45, 2.75) is 13.5 Å². The molecule has 0 spiro atoms. The van der Waals surface area contributed by atoms with E-state index in [2.05, 4.69) is 40.5 Å². The highest BCUT2D eigenvalue weighted by molar-refractivity contribution is 5.92. The van der Waals surface area contributed by atoms with Crippen molar-refractivity contribution in [3.8, 4) is 28.5 Å². The normalized spacial score (nSPS) is 10.6. The summed E-state index contributed by atoms with van der Waals surface area (Å²) in [7, 11) is 1.57. The Labute approximate surface area is 223 Å². The molecule has 1 amide bonds. The van der Waals surface area contributed by atoms with Crippen LogP contribution in [0, 0.1) is 6.92 Å². The number of nitrogens with one attached hydrogen (secondary N) is 3. The molecular weight excluding hydrogens is 496 g/mol. The van der Waals surface area contributed by atoms with Crippen LogP contribution in [0.3, 0.4) is 0 Å². The number of H-pyrrole nitrogens is 1. The summed E-state index contributed by atoms with van der Waals surface area (Å²) < 4.78 is 5.08. The Balaban J connectivity index is 1.22. The van der Waals surface area contributed by atoms with Crippen molar-refractivity contribution in [2.75, 3.05) is 12.4 Å². The van der Waals surface area contributed by atoms with Gasteiger partial charge in [-0.15, -0.1) is 0 Å². The highest BCUT2D eigenvalue weighted by atomic mass is 16.5. The van der Waals surface area contributed by atoms with Crippen LogP contribution in [-0.4, -0.2) is 42.9 Å². The predicted octanol–water partition coefficient (Wildman–Crippen LogP) is 3.67. The second kappa shape index (κ2) is 11.3. The largest absolute Gasteiger partial charge is 0.481 e. The lowest BCUT2D eigenvalue weighted by molar-refractivity contribution is 0.0946. The Morgan fingerprint density at radius 3 is 2.46 bits per heavy atom. The smallest absolute Gasteiger partial charge is 0.270 e. The van der Waals surface area contributed by atoms with E-state index in [0.29, 0.717) is 35.3 Å². The van der Waals surface area contributed by atoms with Crippen LogP contribution in [0.5, 0.6) is 5.88 Å². The van der Waals surface area contributed by atoms with Crippen molar-refractivity contribution in [3.63, 3.8) is 0 Å². The monoisotopic (exact) mass is 520 g/mol. The number of ether oxygens (including phenoxy) is 1. The fourth-order valence-corrected chi connectivity index (χ4v) is 3.72. The number of hydrogen-bond donors (Lipinski definition) is 3. The van der Waals surface area contributed by atoms with E-state index in [-0.39, 0.29) is 17.2 Å². The topological polar surface area (TPSA) is 148 Å². The van der Waals surface area contributed by atoms with Crippen LogP contribution >= 0.6 is 0 Å². The summed E-state index contributed by atoms with van der Waals surface area (Å²) in [6, 6.07) is 15.7. The van der Waals surface area contributed by atoms with Gasteiger partial charge in [0.15, 0.2) is 5.82 Å². The minimum absolute atomic E-state index is 0.219. The van der Waals surface area contributed by atoms with E-state index >= 15 is 0 Å². The van der Waals surface area contributed by atoms with Gasteiger partial charge in [0.2, 0.25) is 11.4 Å². The van der Waals surface area contributed by atoms with Crippen molar-refractivity contribution in [1.82, 2.24) is 35.2 Å². The van der Waals surface area contributed by atoms with Crippen molar-refractivity contribution in [3.05, 3.63) is 107 Å². The summed E-state index contributed by atoms with van der Waals surface area (Å²) in [5.41, 5.74) is 4.52. The number of hydrogen-bond acceptors (Lipinski definition) is 9. The fourth-order valence-electron chi connectivity index (χ4n) is 3.72. The third kappa shape index (κ3) is 6.28. The first-order valence-electron chi connectivity index (χ1n) is 12.0. The maximum absolute atomic E-state index is 12.7. The summed E-state index contributed by atoms with van der Waals surface area (Å²) in [6.45, 7) is 2.15. The average molecular weight is 521 g/mol. The molecule has 0 aliphatic carbocycles. The van der Waals surface area contributed by atoms with Crippen LogP contribution < -0.4 is 20.9 Å². The van der Waals surface area contributed by atoms with Crippen LogP contribution in [0.4, 0.5) is 11.5 Å². The van der Waals surface area contributed by atoms with Crippen LogP contribution in [0.25, 0.3) is 22.6 Å². The van der Waals surface area contributed by atoms with E-state index in [1.165, 1.54) is 6.07 Å². The number of carbonyl (C=O) groups is 1. The zero-order valence-corrected chi connectivity index (χ0v) is 21.2. The second-order valence-corrected chi connectivity index (χ2v) is 8.54. The highest BCUT2D eigenvalue weighted by Crippen LogP contribution is 2.20. The van der Waals surface area contributed by atoms with Gasteiger partial charge in [-0.2, -0.15) is 0 Å². The molecule has 0 aromatic carbocycles. The number of aryl methyl sites for hydroxylation is 1. The molecule has 0 bridgehead atoms. The lowest BCUT2D eigenvalue weighted by Crippen LogP contribution is -2.23. The van der Waals surface area contributed by atoms with Gasteiger partial charge in [-0.25, -0.2) is 15.0 Å². The molecular formula is C28H24N8O3. The molecule has 194 valence electrons. The van der Waals surface area contributed by atoms with Crippen molar-refractivity contribution in [2.24, 2.45) is 0 Å². The Bertz CT molecular complexity index is 1650. The van der Waals surface area contributed by atoms with Crippen LogP contribution in [-0.2, 0) is 6.54 Å². The molecule has 5 heterocycles. The summed E-state index contributed by atoms with van der Waals surface area (Å²) in [4.78, 5) is 48.8. The molecule has 0 fully saturated rings. The maximum Gasteiger partial charge on any atom is 0.270 e. The average Bonchev–Trinajstić information content (AvgIpc) is 2.96. The van der Waals surface area contributed by atoms with Crippen LogP contribution in [0.1, 0.15) is 21.7 Å². The molecule has 11 nitrogen and oxygen atoms in total. The number of amides is 1. The molecule has 5 aromatic heterocycles. The quantitative estimate of drug-likeness (QED) is 0.279. The van der Waals surface area contributed by atoms with Crippen molar-refractivity contribution < 1.29 is 9.53 Å². The predicted molar refractivity (Wildman–Crippen MR) is 146 cm³/mol. The molecule has 11 heteroatoms. The third-order valence-corrected chi connectivity index (χ3v) is 5.68. The number of aromatic amines is 1. The van der Waals surface area contributed by atoms with Gasteiger partial charge in [-0.1, -0.05) is 6.07 Å². The summed E-state index contributed by atoms with van der Waals surface area (Å²) in [5, 5.41) is 5.97. The molecule has 0 saturated heterocycles. The number of nitrogens with zero attached hydrogens (tertiary/aromatic N) is 5. The first-order chi connectivity index (χ1) is 19.0. The van der Waals surface area contributed by atoms with E-state index < -0.39 is 0 Å². The number of aromatic nitrogens is 6. The van der Waals surface area contributed by atoms with E-state index in [9.17, 15) is 9.59 Å². The Morgan fingerprint density at radius 2 is 1.77 bits per heavy atom. The number of pyridine rings is 4. The number of methoxy groups -OCH3 is 1. The summed E-state index contributed by atoms with van der Waals surface area (Å²) in [6.07, 6.45) is 6.52. The molecule has 5 aromatic rings. The molecule has 0 unspecified atom stereocenters. The van der Waals surface area contributed by atoms with Gasteiger partial charge in [0.25, 0.3) is 5.91 Å². The summed E-state index contributed by atoms with van der Waals surface area (Å²) >= 11 is 0. The van der Waals surface area contributed by atoms with Gasteiger partial charge < -0.3 is 20.4 Å². The molecule has 0 aliphatic rings. The zero-order valence-electron chi connectivity index (χ0n) is 21.2. The van der Waals surface area contributed by atoms with Gasteiger partial charge >= 0.3 is 0 Å². The van der Waals surface area contributed by atoms with E-state index in [1.54, 1.807) is 62.2 Å². The molecule has 0 saturated carbocycles. The van der Waals surface area contributed by atoms with Gasteiger partial charge in [0.1, 0.15) is 11.5 Å². The lowest BCUT2D eigenvalue weighted by atomic mass is 10.1. The number of carbonyl (C=O) groups excluding carboxylic acids is 1. The van der Waals surface area contributed by atoms with E-state index in [0.717, 1.165) is 22.5 Å². The second-order valence-electron chi connectivity index (χ2n) is 8.54. The third-order valence-electron chi connectivity index (χ3n) is 5.68. The van der Waals surface area contributed by atoms with Crippen molar-refractivity contribution in [1.29, 1.82) is 0 Å². The molecule has 0 radical (unpaired) electrons. The maximum atomic E-state index is 12.7. The highest BCUT2D eigenvalue weighted by Gasteiger charge is 2.11. The van der Waals surface area contributed by atoms with E-state index in [1.807, 2.05) is 25.1 Å². The Kier molecular flexibility index (Phi) is 7.30. The minimum atomic E-state index is -0.313. The minimum Gasteiger partial charge on any atom is -0.481 e. The zero-order chi connectivity index (χ0) is 27.2. The Hall–Kier alpha value is -5.45. The number of anilines is 2. The fraction of sp³-hybridized carbons (Fsp3) is 0.107. The Morgan fingerprint density at radius 1 is 0.923 bits per heavy atom. The first-order valence-corrected chi connectivity index (χ1v) is 12.0. The van der Waals surface area contributed by atoms with Gasteiger partial charge in [-0.3, -0.25) is 19.6 Å².